The molecule has 2 aromatic rings. The van der Waals surface area contributed by atoms with Crippen LogP contribution >= 0.6 is 0 Å². The Hall–Kier alpha value is -3.60. The number of nitriles is 1. The van der Waals surface area contributed by atoms with Crippen LogP contribution in [0.2, 0.25) is 0 Å². The molecule has 8 nitrogen and oxygen atoms in total. The number of aromatic nitrogens is 1. The molecule has 0 aliphatic heterocycles. The van der Waals surface area contributed by atoms with E-state index in [2.05, 4.69) is 4.98 Å². The third-order valence-electron chi connectivity index (χ3n) is 4.43. The molecule has 0 unspecified atom stereocenters. The van der Waals surface area contributed by atoms with Crippen LogP contribution in [0.1, 0.15) is 37.3 Å². The first-order valence-electron chi connectivity index (χ1n) is 10.1. The van der Waals surface area contributed by atoms with E-state index >= 15 is 0 Å². The molecule has 0 bridgehead atoms. The molecule has 1 amide bonds. The number of nitrogens with zero attached hydrogens (tertiary/aromatic N) is 3. The number of amides is 1. The molecule has 1 aromatic carbocycles. The van der Waals surface area contributed by atoms with E-state index in [0.717, 1.165) is 5.56 Å². The van der Waals surface area contributed by atoms with Crippen LogP contribution in [0.4, 0.5) is 0 Å². The number of methoxy groups -OCH3 is 1. The van der Waals surface area contributed by atoms with Crippen molar-refractivity contribution in [1.82, 2.24) is 9.88 Å². The Morgan fingerprint density at radius 1 is 1.19 bits per heavy atom. The predicted octanol–water partition coefficient (Wildman–Crippen LogP) is 3.10. The van der Waals surface area contributed by atoms with Crippen LogP contribution in [0.15, 0.2) is 42.7 Å². The molecule has 2 rings (SSSR count). The van der Waals surface area contributed by atoms with Crippen molar-refractivity contribution in [2.24, 2.45) is 0 Å². The van der Waals surface area contributed by atoms with Crippen LogP contribution in [0.3, 0.4) is 0 Å². The summed E-state index contributed by atoms with van der Waals surface area (Å²) >= 11 is 0. The highest BCUT2D eigenvalue weighted by molar-refractivity contribution is 5.77. The van der Waals surface area contributed by atoms with E-state index in [1.54, 1.807) is 42.4 Å². The van der Waals surface area contributed by atoms with Gasteiger partial charge in [-0.05, 0) is 37.1 Å². The van der Waals surface area contributed by atoms with Crippen molar-refractivity contribution in [1.29, 1.82) is 5.26 Å². The summed E-state index contributed by atoms with van der Waals surface area (Å²) in [5.41, 5.74) is 1.37. The zero-order valence-corrected chi connectivity index (χ0v) is 17.9. The van der Waals surface area contributed by atoms with Crippen molar-refractivity contribution in [3.8, 4) is 17.6 Å². The third-order valence-corrected chi connectivity index (χ3v) is 4.43. The first-order valence-corrected chi connectivity index (χ1v) is 10.1. The van der Waals surface area contributed by atoms with E-state index in [9.17, 15) is 9.59 Å². The summed E-state index contributed by atoms with van der Waals surface area (Å²) in [5.74, 6) is 0.577. The molecule has 0 saturated heterocycles. The number of carbonyl (C=O) groups excluding carboxylic acids is 2. The minimum Gasteiger partial charge on any atom is -0.493 e. The molecule has 1 aromatic heterocycles. The van der Waals surface area contributed by atoms with Gasteiger partial charge in [0.05, 0.1) is 38.4 Å². The van der Waals surface area contributed by atoms with Gasteiger partial charge in [-0.25, -0.2) is 0 Å². The van der Waals surface area contributed by atoms with Crippen molar-refractivity contribution in [2.45, 2.75) is 32.7 Å². The maximum absolute atomic E-state index is 12.8. The van der Waals surface area contributed by atoms with Gasteiger partial charge in [0.25, 0.3) is 0 Å². The van der Waals surface area contributed by atoms with Gasteiger partial charge in [-0.2, -0.15) is 5.26 Å². The zero-order valence-electron chi connectivity index (χ0n) is 17.9. The summed E-state index contributed by atoms with van der Waals surface area (Å²) in [7, 11) is 1.51. The van der Waals surface area contributed by atoms with Crippen molar-refractivity contribution >= 4 is 11.9 Å². The molecular weight excluding hydrogens is 398 g/mol. The van der Waals surface area contributed by atoms with Gasteiger partial charge in [-0.3, -0.25) is 14.6 Å². The van der Waals surface area contributed by atoms with Crippen molar-refractivity contribution in [3.05, 3.63) is 53.9 Å². The van der Waals surface area contributed by atoms with Gasteiger partial charge >= 0.3 is 5.97 Å². The Bertz CT molecular complexity index is 896. The maximum Gasteiger partial charge on any atom is 0.307 e. The fraction of sp³-hybridized carbons (Fsp3) is 0.391. The highest BCUT2D eigenvalue weighted by Gasteiger charge is 2.16. The molecule has 1 heterocycles. The number of esters is 1. The molecule has 8 heteroatoms. The summed E-state index contributed by atoms with van der Waals surface area (Å²) < 4.78 is 15.9. The van der Waals surface area contributed by atoms with Crippen LogP contribution in [0, 0.1) is 11.3 Å². The molecule has 164 valence electrons. The van der Waals surface area contributed by atoms with E-state index in [1.807, 2.05) is 18.2 Å². The van der Waals surface area contributed by atoms with Crippen LogP contribution in [0.25, 0.3) is 0 Å². The molecule has 0 atom stereocenters. The number of ether oxygens (including phenoxy) is 3. The molecule has 0 fully saturated rings. The van der Waals surface area contributed by atoms with Crippen LogP contribution in [-0.2, 0) is 20.9 Å². The monoisotopic (exact) mass is 425 g/mol. The minimum absolute atomic E-state index is 0.0801. The summed E-state index contributed by atoms with van der Waals surface area (Å²) in [4.78, 5) is 30.2. The topological polar surface area (TPSA) is 102 Å². The minimum atomic E-state index is -0.331. The summed E-state index contributed by atoms with van der Waals surface area (Å²) in [6.45, 7) is 3.02. The van der Waals surface area contributed by atoms with Gasteiger partial charge in [-0.1, -0.05) is 6.07 Å². The van der Waals surface area contributed by atoms with Crippen LogP contribution in [0.5, 0.6) is 11.5 Å². The lowest BCUT2D eigenvalue weighted by molar-refractivity contribution is -0.144. The van der Waals surface area contributed by atoms with Crippen molar-refractivity contribution < 1.29 is 23.8 Å². The van der Waals surface area contributed by atoms with Gasteiger partial charge in [0, 0.05) is 38.0 Å². The zero-order chi connectivity index (χ0) is 22.5. The lowest BCUT2D eigenvalue weighted by Crippen LogP contribution is -2.33. The second kappa shape index (κ2) is 12.9. The van der Waals surface area contributed by atoms with Gasteiger partial charge in [0.15, 0.2) is 11.5 Å². The largest absolute Gasteiger partial charge is 0.493 e. The number of hydrogen-bond donors (Lipinski definition) is 0. The van der Waals surface area contributed by atoms with Gasteiger partial charge in [-0.15, -0.1) is 0 Å². The summed E-state index contributed by atoms with van der Waals surface area (Å²) in [6, 6.07) is 10.7. The number of hydrogen-bond acceptors (Lipinski definition) is 7. The molecule has 0 saturated carbocycles. The van der Waals surface area contributed by atoms with Crippen LogP contribution < -0.4 is 9.47 Å². The van der Waals surface area contributed by atoms with Gasteiger partial charge in [0.1, 0.15) is 0 Å². The van der Waals surface area contributed by atoms with E-state index in [4.69, 9.17) is 19.5 Å². The Balaban J connectivity index is 1.90. The third kappa shape index (κ3) is 7.97. The number of pyridine rings is 1. The van der Waals surface area contributed by atoms with Crippen LogP contribution in [-0.4, -0.2) is 48.6 Å². The lowest BCUT2D eigenvalue weighted by atomic mass is 10.2. The summed E-state index contributed by atoms with van der Waals surface area (Å²) in [6.07, 6.45) is 4.26. The standard InChI is InChI=1S/C23H27N3O5/c1-3-30-23(28)10-12-26(17-19-6-4-11-25-16-19)22(27)7-5-13-31-20-9-8-18(15-24)14-21(20)29-2/h4,6,8-9,11,14,16H,3,5,7,10,12-13,17H2,1-2H3. The average molecular weight is 425 g/mol. The second-order valence-corrected chi connectivity index (χ2v) is 6.66. The lowest BCUT2D eigenvalue weighted by Gasteiger charge is -2.22. The first-order chi connectivity index (χ1) is 15.1. The average Bonchev–Trinajstić information content (AvgIpc) is 2.80. The number of carbonyl (C=O) groups is 2. The molecule has 0 spiro atoms. The molecule has 0 aliphatic rings. The normalized spacial score (nSPS) is 10.1. The Labute approximate surface area is 182 Å². The number of rotatable bonds is 12. The quantitative estimate of drug-likeness (QED) is 0.380. The molecule has 31 heavy (non-hydrogen) atoms. The highest BCUT2D eigenvalue weighted by atomic mass is 16.5. The van der Waals surface area contributed by atoms with Crippen molar-refractivity contribution in [3.63, 3.8) is 0 Å². The van der Waals surface area contributed by atoms with Crippen molar-refractivity contribution in [2.75, 3.05) is 26.9 Å². The van der Waals surface area contributed by atoms with E-state index in [1.165, 1.54) is 7.11 Å². The SMILES string of the molecule is CCOC(=O)CCN(Cc1cccnc1)C(=O)CCCOc1ccc(C#N)cc1OC. The molecule has 0 radical (unpaired) electrons. The van der Waals surface area contributed by atoms with E-state index in [0.29, 0.717) is 43.2 Å². The summed E-state index contributed by atoms with van der Waals surface area (Å²) in [5, 5.41) is 8.97. The van der Waals surface area contributed by atoms with Gasteiger partial charge in [0.2, 0.25) is 5.91 Å². The molecular formula is C23H27N3O5. The number of benzene rings is 1. The molecule has 0 aliphatic carbocycles. The maximum atomic E-state index is 12.8. The molecule has 0 N–H and O–H groups in total. The second-order valence-electron chi connectivity index (χ2n) is 6.66. The van der Waals surface area contributed by atoms with E-state index < -0.39 is 0 Å². The highest BCUT2D eigenvalue weighted by Crippen LogP contribution is 2.28. The Morgan fingerprint density at radius 3 is 2.71 bits per heavy atom. The predicted molar refractivity (Wildman–Crippen MR) is 113 cm³/mol. The fourth-order valence-electron chi connectivity index (χ4n) is 2.88. The fourth-order valence-corrected chi connectivity index (χ4v) is 2.88. The van der Waals surface area contributed by atoms with Gasteiger partial charge < -0.3 is 19.1 Å². The Kier molecular flexibility index (Phi) is 9.82. The van der Waals surface area contributed by atoms with E-state index in [-0.39, 0.29) is 31.3 Å². The first kappa shape index (κ1) is 23.7. The Morgan fingerprint density at radius 2 is 2.03 bits per heavy atom. The smallest absolute Gasteiger partial charge is 0.307 e.